The molecule has 14 heteroatoms. The Morgan fingerprint density at radius 1 is 0.441 bits per heavy atom. The first-order valence-electron chi connectivity index (χ1n) is 45.6. The maximum atomic E-state index is 13.2. The van der Waals surface area contributed by atoms with Gasteiger partial charge in [0, 0.05) is 17.7 Å². The Balaban J connectivity index is 0.000000167. The van der Waals surface area contributed by atoms with Crippen molar-refractivity contribution in [3.05, 3.63) is 218 Å². The van der Waals surface area contributed by atoms with Gasteiger partial charge in [0.05, 0.1) is 71.2 Å². The second kappa shape index (κ2) is 41.8. The minimum atomic E-state index is -3.44. The molecule has 22 atom stereocenters. The zero-order chi connectivity index (χ0) is 85.8. The monoisotopic (exact) mass is 1650 g/mol. The fourth-order valence-electron chi connectivity index (χ4n) is 24.5. The third-order valence-corrected chi connectivity index (χ3v) is 32.8. The summed E-state index contributed by atoms with van der Waals surface area (Å²) in [6.45, 7) is 33.1. The molecule has 12 aliphatic rings. The van der Waals surface area contributed by atoms with E-state index >= 15 is 0 Å². The minimum absolute atomic E-state index is 0.0699. The molecule has 10 fully saturated rings. The van der Waals surface area contributed by atoms with E-state index in [0.29, 0.717) is 145 Å². The van der Waals surface area contributed by atoms with Crippen LogP contribution in [-0.2, 0) is 9.84 Å². The molecule has 0 aliphatic heterocycles. The summed E-state index contributed by atoms with van der Waals surface area (Å²) in [7, 11) is -3.44. The van der Waals surface area contributed by atoms with Gasteiger partial charge < -0.3 is 40.9 Å². The van der Waals surface area contributed by atoms with Gasteiger partial charge in [-0.15, -0.1) is 0 Å². The molecule has 10 saturated carbocycles. The highest BCUT2D eigenvalue weighted by molar-refractivity contribution is 7.95. The van der Waals surface area contributed by atoms with E-state index in [1.165, 1.54) is 118 Å². The Labute approximate surface area is 709 Å². The van der Waals surface area contributed by atoms with E-state index in [2.05, 4.69) is 129 Å². The predicted octanol–water partition coefficient (Wildman–Crippen LogP) is 24.1. The number of halogens is 3. The lowest BCUT2D eigenvalue weighted by molar-refractivity contribution is 0.0602. The largest absolute Gasteiger partial charge is 0.393 e. The molecule has 0 spiro atoms. The molecule has 0 heterocycles. The number of fused-ring (bicyclic) bond motifs is 4. The van der Waals surface area contributed by atoms with Gasteiger partial charge in [-0.1, -0.05) is 216 Å². The molecule has 10 nitrogen and oxygen atoms in total. The first kappa shape index (κ1) is 94.7. The van der Waals surface area contributed by atoms with Crippen LogP contribution in [0.5, 0.6) is 0 Å². The third kappa shape index (κ3) is 23.3. The van der Waals surface area contributed by atoms with Crippen LogP contribution in [-0.4, -0.2) is 98.1 Å². The molecule has 0 amide bonds. The Morgan fingerprint density at radius 2 is 0.780 bits per heavy atom. The van der Waals surface area contributed by atoms with Crippen LogP contribution in [0.2, 0.25) is 0 Å². The molecule has 652 valence electrons. The van der Waals surface area contributed by atoms with Crippen LogP contribution >= 0.6 is 0 Å². The van der Waals surface area contributed by atoms with Crippen molar-refractivity contribution < 1.29 is 62.4 Å². The maximum absolute atomic E-state index is 13.2. The first-order chi connectivity index (χ1) is 55.8. The molecule has 8 N–H and O–H groups in total. The molecular formula is C104H149F3O10S. The molecule has 0 saturated heterocycles. The van der Waals surface area contributed by atoms with Crippen LogP contribution in [0.15, 0.2) is 223 Å². The van der Waals surface area contributed by atoms with Gasteiger partial charge >= 0.3 is 0 Å². The van der Waals surface area contributed by atoms with Gasteiger partial charge in [0.15, 0.2) is 0 Å². The number of hydrogen-bond acceptors (Lipinski definition) is 10. The van der Waals surface area contributed by atoms with E-state index in [9.17, 15) is 62.4 Å². The number of hydrogen-bond donors (Lipinski definition) is 8. The molecule has 12 aliphatic carbocycles. The first-order valence-corrected chi connectivity index (χ1v) is 47.1. The van der Waals surface area contributed by atoms with E-state index < -0.39 is 58.7 Å². The number of allylic oxidation sites excluding steroid dienone is 24. The van der Waals surface area contributed by atoms with Crippen LogP contribution in [0.3, 0.4) is 0 Å². The van der Waals surface area contributed by atoms with Crippen molar-refractivity contribution in [3.63, 3.8) is 0 Å². The SMILES string of the molecule is C/C(=C/C[C@@H](C)C1=CC[C@H]2/C(=C/C=C3C[C@@H](O)C[C@H](O)C3)CCC[C@]12C)S(=O)(=O)c1ccccc1.C/C(F)=C/C[C@@H](C)C1=CC[C@H]2/C(=C/C=C3C[C@@H](O)C[C@H](O)C3)CCC[C@]12C.C=C1/C(=C\C=C2/CCC[C@]3(C)[C@@H]([C@H](C)C/C=C(/C)F)CC[C@@H]23)C[C@@H](O)C[C@@H]1O.C=C1/C(=C\C=C2/CCC[C@]3(C)[C@@H]([C@H](C)C/C=C(\C)F)CC[C@@H]23)C[C@@H](O)C[C@@H]1O. The predicted molar refractivity (Wildman–Crippen MR) is 477 cm³/mol. The van der Waals surface area contributed by atoms with Crippen LogP contribution in [0.25, 0.3) is 0 Å². The average molecular weight is 1650 g/mol. The third-order valence-electron chi connectivity index (χ3n) is 30.9. The molecule has 1 aromatic carbocycles. The zero-order valence-electron chi connectivity index (χ0n) is 73.8. The van der Waals surface area contributed by atoms with E-state index in [1.807, 2.05) is 12.1 Å². The van der Waals surface area contributed by atoms with Crippen LogP contribution in [0, 0.1) is 80.8 Å². The summed E-state index contributed by atoms with van der Waals surface area (Å²) in [6, 6.07) is 8.66. The Hall–Kier alpha value is -5.52. The molecule has 118 heavy (non-hydrogen) atoms. The molecule has 0 unspecified atom stereocenters. The summed E-state index contributed by atoms with van der Waals surface area (Å²) in [5.41, 5.74) is 15.6. The molecule has 13 rings (SSSR count). The Bertz CT molecular complexity index is 4100. The summed E-state index contributed by atoms with van der Waals surface area (Å²) in [5, 5.41) is 80.0. The van der Waals surface area contributed by atoms with Gasteiger partial charge in [0.25, 0.3) is 0 Å². The Morgan fingerprint density at radius 3 is 1.16 bits per heavy atom. The van der Waals surface area contributed by atoms with Crippen LogP contribution < -0.4 is 0 Å². The van der Waals surface area contributed by atoms with Crippen LogP contribution in [0.1, 0.15) is 289 Å². The lowest BCUT2D eigenvalue weighted by atomic mass is 9.61. The average Bonchev–Trinajstić information content (AvgIpc) is 1.62. The number of sulfone groups is 1. The van der Waals surface area contributed by atoms with Gasteiger partial charge in [-0.2, -0.15) is 0 Å². The highest BCUT2D eigenvalue weighted by Crippen LogP contribution is 2.63. The molecule has 0 radical (unpaired) electrons. The summed E-state index contributed by atoms with van der Waals surface area (Å²) >= 11 is 0. The van der Waals surface area contributed by atoms with Crippen molar-refractivity contribution in [2.75, 3.05) is 0 Å². The fourth-order valence-corrected chi connectivity index (χ4v) is 25.7. The van der Waals surface area contributed by atoms with Crippen molar-refractivity contribution in [2.45, 2.75) is 342 Å². The number of rotatable bonds is 18. The van der Waals surface area contributed by atoms with Crippen molar-refractivity contribution in [1.82, 2.24) is 0 Å². The van der Waals surface area contributed by atoms with Crippen molar-refractivity contribution in [2.24, 2.45) is 80.8 Å². The number of aliphatic hydroxyl groups is 8. The van der Waals surface area contributed by atoms with Gasteiger partial charge in [-0.3, -0.25) is 0 Å². The highest BCUT2D eigenvalue weighted by Gasteiger charge is 2.53. The molecule has 1 aromatic rings. The quantitative estimate of drug-likeness (QED) is 0.0655. The standard InChI is InChI=1S/C30H40O4S.2C25H37FO2.C24H35FO2/c1-21(11-12-22(2)35(33,34)27-9-5-4-6-10-27)28-15-16-29-24(8-7-17-30(28,29)3)14-13-23-18-25(31)20-26(32)19-23;2*1-16(7-8-17(2)26)22-11-12-23-19(6-5-13-25(22,23)4)9-10-20-14-21(27)15-24(28)18(20)3;1-16(6-7-17(2)25)22-10-11-23-19(5-4-12-24(22,23)3)9-8-18-13-20(26)15-21(27)14-18/h4-6,9-10,12-15,21,25-26,29,31-32H,7-8,11,16-20H2,1-3H3;2*8-10,16,21-24,27-28H,3,5-7,11-15H2,1-2,4H3;7-10,16,20-21,23,26-27H,4-6,11-15H2,1-3H3/b22-12-,24-14+;17-8+,19-9+,20-10-;17-8-,19-9+,20-10-;17-7-,19-9+/t21-,25-,26-,29+,30-;2*16-,21-,22-,23+,24+,25-;16-,20-,21-,23+,24-/m1111/s1. The lowest BCUT2D eigenvalue weighted by Crippen LogP contribution is -2.35. The lowest BCUT2D eigenvalue weighted by Gasteiger charge is -2.44. The van der Waals surface area contributed by atoms with Gasteiger partial charge in [0.2, 0.25) is 9.84 Å². The van der Waals surface area contributed by atoms with Crippen LogP contribution in [0.4, 0.5) is 13.2 Å². The Kier molecular flexibility index (Phi) is 33.5. The molecule has 0 aromatic heterocycles. The molecular weight excluding hydrogens is 1500 g/mol. The number of aliphatic hydroxyl groups excluding tert-OH is 8. The summed E-state index contributed by atoms with van der Waals surface area (Å²) in [5.74, 6) is 4.91. The maximum Gasteiger partial charge on any atom is 0.202 e. The van der Waals surface area contributed by atoms with Crippen molar-refractivity contribution in [3.8, 4) is 0 Å². The minimum Gasteiger partial charge on any atom is -0.393 e. The van der Waals surface area contributed by atoms with Crippen molar-refractivity contribution in [1.29, 1.82) is 0 Å². The fraction of sp³-hybridized carbons (Fsp3) is 0.635. The van der Waals surface area contributed by atoms with Gasteiger partial charge in [0.1, 0.15) is 0 Å². The highest BCUT2D eigenvalue weighted by atomic mass is 32.2. The summed E-state index contributed by atoms with van der Waals surface area (Å²) in [4.78, 5) is 0.770. The second-order valence-electron chi connectivity index (χ2n) is 39.5. The number of benzene rings is 1. The van der Waals surface area contributed by atoms with E-state index in [-0.39, 0.29) is 34.2 Å². The topological polar surface area (TPSA) is 196 Å². The summed E-state index contributed by atoms with van der Waals surface area (Å²) < 4.78 is 65.4. The van der Waals surface area contributed by atoms with E-state index in [0.717, 1.165) is 104 Å². The van der Waals surface area contributed by atoms with Gasteiger partial charge in [-0.05, 0) is 336 Å². The summed E-state index contributed by atoms with van der Waals surface area (Å²) in [6.07, 6.45) is 55.3. The smallest absolute Gasteiger partial charge is 0.202 e. The second-order valence-corrected chi connectivity index (χ2v) is 41.6. The van der Waals surface area contributed by atoms with Gasteiger partial charge in [-0.25, -0.2) is 21.6 Å². The zero-order valence-corrected chi connectivity index (χ0v) is 74.7. The van der Waals surface area contributed by atoms with E-state index in [4.69, 9.17) is 0 Å². The van der Waals surface area contributed by atoms with E-state index in [1.54, 1.807) is 49.4 Å². The normalized spacial score (nSPS) is 37.3. The molecule has 0 bridgehead atoms. The van der Waals surface area contributed by atoms with Crippen molar-refractivity contribution >= 4 is 9.84 Å².